The Kier molecular flexibility index (Phi) is 73.9. The molecular weight excluding hydrogens is 1050 g/mol. The lowest BCUT2D eigenvalue weighted by atomic mass is 10.0. The first kappa shape index (κ1) is 84.1. The number of ether oxygens (including phenoxy) is 1. The van der Waals surface area contributed by atoms with Gasteiger partial charge < -0.3 is 20.3 Å². The van der Waals surface area contributed by atoms with Crippen molar-refractivity contribution in [3.8, 4) is 0 Å². The second-order valence-corrected chi connectivity index (χ2v) is 27.0. The monoisotopic (exact) mass is 1210 g/mol. The zero-order chi connectivity index (χ0) is 62.0. The molecule has 86 heavy (non-hydrogen) atoms. The minimum absolute atomic E-state index is 0.0112. The summed E-state index contributed by atoms with van der Waals surface area (Å²) in [4.78, 5) is 24.6. The van der Waals surface area contributed by atoms with Crippen LogP contribution in [0.4, 0.5) is 0 Å². The minimum atomic E-state index is -0.844. The van der Waals surface area contributed by atoms with Gasteiger partial charge in [-0.25, -0.2) is 0 Å². The smallest absolute Gasteiger partial charge is 0.305 e. The number of unbranched alkanes of at least 4 members (excludes halogenated alkanes) is 59. The maximum Gasteiger partial charge on any atom is 0.305 e. The largest absolute Gasteiger partial charge is 0.466 e. The molecule has 0 spiro atoms. The third kappa shape index (κ3) is 71.2. The third-order valence-corrected chi connectivity index (χ3v) is 18.4. The van der Waals surface area contributed by atoms with Gasteiger partial charge in [0.05, 0.1) is 25.4 Å². The normalized spacial score (nSPS) is 12.7. The zero-order valence-electron chi connectivity index (χ0n) is 58.3. The molecule has 0 saturated heterocycles. The summed E-state index contributed by atoms with van der Waals surface area (Å²) in [6.07, 6.45) is 98.3. The molecule has 0 heterocycles. The predicted octanol–water partition coefficient (Wildman–Crippen LogP) is 25.8. The third-order valence-electron chi connectivity index (χ3n) is 18.4. The molecule has 0 radical (unpaired) electrons. The van der Waals surface area contributed by atoms with Crippen molar-refractivity contribution in [3.05, 3.63) is 36.5 Å². The summed E-state index contributed by atoms with van der Waals surface area (Å²) in [6, 6.07) is -0.627. The number of hydrogen-bond acceptors (Lipinski definition) is 5. The molecule has 0 aromatic heterocycles. The lowest BCUT2D eigenvalue weighted by molar-refractivity contribution is -0.143. The van der Waals surface area contributed by atoms with E-state index in [2.05, 4.69) is 43.5 Å². The van der Waals surface area contributed by atoms with Gasteiger partial charge in [-0.15, -0.1) is 0 Å². The minimum Gasteiger partial charge on any atom is -0.466 e. The fraction of sp³-hybridized carbons (Fsp3) is 0.900. The molecule has 0 aliphatic heterocycles. The Hall–Kier alpha value is -1.92. The zero-order valence-corrected chi connectivity index (χ0v) is 58.3. The first-order chi connectivity index (χ1) is 42.5. The second-order valence-electron chi connectivity index (χ2n) is 27.0. The average molecular weight is 1210 g/mol. The number of allylic oxidation sites excluding steroid dienone is 5. The molecule has 6 heteroatoms. The maximum absolute atomic E-state index is 12.5. The van der Waals surface area contributed by atoms with Gasteiger partial charge in [-0.05, 0) is 83.5 Å². The molecule has 0 bridgehead atoms. The molecule has 0 aliphatic carbocycles. The first-order valence-corrected chi connectivity index (χ1v) is 39.3. The summed E-state index contributed by atoms with van der Waals surface area (Å²) >= 11 is 0. The van der Waals surface area contributed by atoms with Crippen LogP contribution in [0.1, 0.15) is 438 Å². The fourth-order valence-corrected chi connectivity index (χ4v) is 12.4. The molecule has 508 valence electrons. The van der Waals surface area contributed by atoms with E-state index in [9.17, 15) is 19.8 Å². The van der Waals surface area contributed by atoms with Crippen molar-refractivity contribution in [2.24, 2.45) is 0 Å². The van der Waals surface area contributed by atoms with E-state index in [1.165, 1.54) is 366 Å². The van der Waals surface area contributed by atoms with Crippen LogP contribution in [-0.2, 0) is 14.3 Å². The fourth-order valence-electron chi connectivity index (χ4n) is 12.4. The summed E-state index contributed by atoms with van der Waals surface area (Å²) < 4.78 is 5.50. The molecule has 6 nitrogen and oxygen atoms in total. The number of nitrogens with one attached hydrogen (secondary N) is 1. The molecule has 1 amide bonds. The molecule has 0 saturated carbocycles. The number of carbonyl (C=O) groups is 2. The van der Waals surface area contributed by atoms with E-state index in [4.69, 9.17) is 4.74 Å². The maximum atomic E-state index is 12.5. The Morgan fingerprint density at radius 3 is 0.826 bits per heavy atom. The van der Waals surface area contributed by atoms with Crippen LogP contribution in [0.2, 0.25) is 0 Å². The number of esters is 1. The van der Waals surface area contributed by atoms with Gasteiger partial charge in [-0.3, -0.25) is 9.59 Å². The van der Waals surface area contributed by atoms with Crippen LogP contribution >= 0.6 is 0 Å². The Bertz CT molecular complexity index is 1390. The summed E-state index contributed by atoms with van der Waals surface area (Å²) in [5.41, 5.74) is 0. The Morgan fingerprint density at radius 1 is 0.314 bits per heavy atom. The highest BCUT2D eigenvalue weighted by atomic mass is 16.5. The van der Waals surface area contributed by atoms with Gasteiger partial charge in [0, 0.05) is 12.8 Å². The number of carbonyl (C=O) groups excluding carboxylic acids is 2. The van der Waals surface area contributed by atoms with Crippen LogP contribution in [0.3, 0.4) is 0 Å². The van der Waals surface area contributed by atoms with Crippen molar-refractivity contribution >= 4 is 11.9 Å². The lowest BCUT2D eigenvalue weighted by Gasteiger charge is -2.20. The molecule has 0 aromatic rings. The van der Waals surface area contributed by atoms with Crippen LogP contribution in [-0.4, -0.2) is 47.4 Å². The van der Waals surface area contributed by atoms with E-state index in [-0.39, 0.29) is 18.5 Å². The highest BCUT2D eigenvalue weighted by Gasteiger charge is 2.18. The molecule has 0 aromatic carbocycles. The van der Waals surface area contributed by atoms with Crippen molar-refractivity contribution in [1.82, 2.24) is 5.32 Å². The van der Waals surface area contributed by atoms with Crippen molar-refractivity contribution < 1.29 is 24.5 Å². The summed E-state index contributed by atoms with van der Waals surface area (Å²) in [5.74, 6) is -0.0494. The molecule has 0 rings (SSSR count). The van der Waals surface area contributed by atoms with Gasteiger partial charge in [0.2, 0.25) is 5.91 Å². The second kappa shape index (κ2) is 75.5. The van der Waals surface area contributed by atoms with Crippen LogP contribution in [0, 0.1) is 0 Å². The number of aliphatic hydroxyl groups is 2. The number of hydrogen-bond donors (Lipinski definition) is 3. The van der Waals surface area contributed by atoms with Gasteiger partial charge in [-0.2, -0.15) is 0 Å². The molecular formula is C80H153NO5. The van der Waals surface area contributed by atoms with E-state index >= 15 is 0 Å². The predicted molar refractivity (Wildman–Crippen MR) is 379 cm³/mol. The van der Waals surface area contributed by atoms with Crippen molar-refractivity contribution in [2.75, 3.05) is 13.2 Å². The van der Waals surface area contributed by atoms with E-state index < -0.39 is 12.1 Å². The number of aliphatic hydroxyl groups excluding tert-OH is 2. The van der Waals surface area contributed by atoms with Crippen LogP contribution in [0.25, 0.3) is 0 Å². The number of rotatable bonds is 74. The van der Waals surface area contributed by atoms with E-state index in [0.717, 1.165) is 44.9 Å². The van der Waals surface area contributed by atoms with Gasteiger partial charge >= 0.3 is 5.97 Å². The lowest BCUT2D eigenvalue weighted by Crippen LogP contribution is -2.45. The van der Waals surface area contributed by atoms with Crippen LogP contribution in [0.5, 0.6) is 0 Å². The van der Waals surface area contributed by atoms with Gasteiger partial charge in [0.15, 0.2) is 0 Å². The molecule has 2 atom stereocenters. The van der Waals surface area contributed by atoms with E-state index in [0.29, 0.717) is 19.4 Å². The van der Waals surface area contributed by atoms with Crippen LogP contribution < -0.4 is 5.32 Å². The standard InChI is InChI=1S/C80H153NO5/c1-3-5-7-9-11-13-15-17-19-20-21-35-38-41-45-48-52-56-60-64-68-72-78(83)77(76-82)81-79(84)73-69-65-61-57-53-49-46-42-39-36-33-31-29-27-25-23-22-24-26-28-30-32-34-37-40-43-47-51-55-59-63-67-71-75-86-80(85)74-70-66-62-58-54-50-44-18-16-14-12-10-8-6-4-2/h18,26,28,44,68,72,77-78,82-83H,3-17,19-25,27,29-43,45-67,69-71,73-76H2,1-2H3,(H,81,84)/b28-26-,44-18-,72-68+. The SMILES string of the molecule is CCCCCCCC/C=C\CCCCCCCC(=O)OCCCCCCCCCCCCCC/C=C\CCCCCCCCCCCCCCCCCCCC(=O)NC(CO)C(O)/C=C/CCCCCCCCCCCCCCCCCCCCC. The summed E-state index contributed by atoms with van der Waals surface area (Å²) in [7, 11) is 0. The van der Waals surface area contributed by atoms with Crippen molar-refractivity contribution in [3.63, 3.8) is 0 Å². The molecule has 3 N–H and O–H groups in total. The van der Waals surface area contributed by atoms with E-state index in [1.807, 2.05) is 6.08 Å². The number of amides is 1. The van der Waals surface area contributed by atoms with Crippen LogP contribution in [0.15, 0.2) is 36.5 Å². The Labute approximate surface area is 538 Å². The molecule has 0 fully saturated rings. The van der Waals surface area contributed by atoms with Crippen molar-refractivity contribution in [2.45, 2.75) is 450 Å². The van der Waals surface area contributed by atoms with E-state index in [1.54, 1.807) is 6.08 Å². The summed E-state index contributed by atoms with van der Waals surface area (Å²) in [5, 5.41) is 23.3. The first-order valence-electron chi connectivity index (χ1n) is 39.3. The average Bonchev–Trinajstić information content (AvgIpc) is 3.53. The molecule has 0 aliphatic rings. The van der Waals surface area contributed by atoms with Crippen molar-refractivity contribution in [1.29, 1.82) is 0 Å². The highest BCUT2D eigenvalue weighted by Crippen LogP contribution is 2.19. The molecule has 2 unspecified atom stereocenters. The Morgan fingerprint density at radius 2 is 0.547 bits per heavy atom. The summed E-state index contributed by atoms with van der Waals surface area (Å²) in [6.45, 7) is 4.94. The van der Waals surface area contributed by atoms with Gasteiger partial charge in [0.1, 0.15) is 0 Å². The van der Waals surface area contributed by atoms with Gasteiger partial charge in [0.25, 0.3) is 0 Å². The highest BCUT2D eigenvalue weighted by molar-refractivity contribution is 5.76. The topological polar surface area (TPSA) is 95.9 Å². The quantitative estimate of drug-likeness (QED) is 0.0320. The van der Waals surface area contributed by atoms with Gasteiger partial charge in [-0.1, -0.05) is 378 Å². The Balaban J connectivity index is 3.37.